The number of benzene rings is 1. The molecule has 2 saturated heterocycles. The largest absolute Gasteiger partial charge is 0.497 e. The Labute approximate surface area is 290 Å². The summed E-state index contributed by atoms with van der Waals surface area (Å²) in [4.78, 5) is 45.3. The maximum Gasteiger partial charge on any atom is 0.260 e. The van der Waals surface area contributed by atoms with Crippen molar-refractivity contribution < 1.29 is 19.0 Å². The van der Waals surface area contributed by atoms with Crippen LogP contribution in [0.5, 0.6) is 11.5 Å². The van der Waals surface area contributed by atoms with Gasteiger partial charge in [0.1, 0.15) is 23.0 Å². The van der Waals surface area contributed by atoms with Gasteiger partial charge in [-0.15, -0.1) is 0 Å². The molecule has 258 valence electrons. The van der Waals surface area contributed by atoms with E-state index in [1.165, 1.54) is 12.7 Å². The lowest BCUT2D eigenvalue weighted by molar-refractivity contribution is -0.127. The molecule has 1 N–H and O–H groups in total. The Bertz CT molecular complexity index is 1880. The molecule has 2 fully saturated rings. The normalized spacial score (nSPS) is 16.1. The first kappa shape index (κ1) is 34.3. The van der Waals surface area contributed by atoms with Gasteiger partial charge in [0.2, 0.25) is 11.9 Å². The number of anilines is 2. The lowest BCUT2D eigenvalue weighted by atomic mass is 9.93. The molecule has 2 aliphatic heterocycles. The monoisotopic (exact) mass is 687 g/mol. The van der Waals surface area contributed by atoms with E-state index in [0.29, 0.717) is 88.8 Å². The highest BCUT2D eigenvalue weighted by atomic mass is 35.5. The second kappa shape index (κ2) is 15.4. The van der Waals surface area contributed by atoms with Crippen molar-refractivity contribution in [2.75, 3.05) is 66.5 Å². The molecule has 0 unspecified atom stereocenters. The molecular weight excluding hydrogens is 646 g/mol. The molecule has 4 aromatic rings. The predicted octanol–water partition coefficient (Wildman–Crippen LogP) is 5.44. The maximum absolute atomic E-state index is 14.5. The van der Waals surface area contributed by atoms with Gasteiger partial charge in [0, 0.05) is 79.9 Å². The van der Waals surface area contributed by atoms with Crippen LogP contribution in [-0.4, -0.2) is 96.4 Å². The zero-order chi connectivity index (χ0) is 34.5. The summed E-state index contributed by atoms with van der Waals surface area (Å²) in [6.07, 6.45) is 10.2. The van der Waals surface area contributed by atoms with Crippen LogP contribution in [0.25, 0.3) is 22.2 Å². The van der Waals surface area contributed by atoms with Gasteiger partial charge in [-0.2, -0.15) is 4.98 Å². The topological polar surface area (TPSA) is 124 Å². The molecule has 0 saturated carbocycles. The molecule has 3 aromatic heterocycles. The smallest absolute Gasteiger partial charge is 0.260 e. The molecule has 1 amide bonds. The number of hydrogen-bond acceptors (Lipinski definition) is 10. The number of likely N-dealkylation sites (N-methyl/N-ethyl adjacent to an activating group) is 1. The number of pyridine rings is 2. The Morgan fingerprint density at radius 1 is 1.04 bits per heavy atom. The van der Waals surface area contributed by atoms with Crippen molar-refractivity contribution >= 4 is 40.3 Å². The van der Waals surface area contributed by atoms with Crippen LogP contribution in [0.3, 0.4) is 0 Å². The quantitative estimate of drug-likeness (QED) is 0.216. The number of likely N-dealkylation sites (tertiary alicyclic amines) is 1. The summed E-state index contributed by atoms with van der Waals surface area (Å²) in [5.41, 5.74) is 2.25. The van der Waals surface area contributed by atoms with Crippen molar-refractivity contribution in [3.05, 3.63) is 75.8 Å². The van der Waals surface area contributed by atoms with Crippen molar-refractivity contribution in [2.24, 2.45) is 0 Å². The van der Waals surface area contributed by atoms with Crippen molar-refractivity contribution in [1.82, 2.24) is 29.3 Å². The fraction of sp³-hybridized carbons (Fsp3) is 0.417. The molecule has 12 nitrogen and oxygen atoms in total. The Morgan fingerprint density at radius 3 is 2.49 bits per heavy atom. The lowest BCUT2D eigenvalue weighted by Crippen LogP contribution is -2.40. The van der Waals surface area contributed by atoms with E-state index in [1.54, 1.807) is 42.1 Å². The molecule has 0 radical (unpaired) electrons. The zero-order valence-electron chi connectivity index (χ0n) is 28.3. The van der Waals surface area contributed by atoms with Crippen LogP contribution in [0.2, 0.25) is 5.02 Å². The average Bonchev–Trinajstić information content (AvgIpc) is 3.12. The minimum Gasteiger partial charge on any atom is -0.497 e. The number of fused-ring (bicyclic) bond motifs is 1. The Balaban J connectivity index is 1.36. The molecule has 0 bridgehead atoms. The van der Waals surface area contributed by atoms with Gasteiger partial charge in [-0.25, -0.2) is 9.97 Å². The summed E-state index contributed by atoms with van der Waals surface area (Å²) in [6, 6.07) is 8.93. The third-order valence-electron chi connectivity index (χ3n) is 9.12. The Hall–Kier alpha value is -4.52. The third-order valence-corrected chi connectivity index (χ3v) is 9.51. The summed E-state index contributed by atoms with van der Waals surface area (Å²) < 4.78 is 18.2. The number of amides is 1. The number of ether oxygens (including phenoxy) is 3. The first-order chi connectivity index (χ1) is 23.7. The summed E-state index contributed by atoms with van der Waals surface area (Å²) >= 11 is 6.79. The molecule has 0 spiro atoms. The minimum atomic E-state index is -0.260. The standard InChI is InChI=1S/C36H42ClN7O5/c1-42(2)13-5-6-32(45)43-14-9-26(10-15-43)44-34-25(18-29(35(44)46)28-19-27(47-3)20-30(48-4)33(28)37)22-39-36(41-34)40-31-8-7-24(21-38-31)23-11-16-49-17-12-23/h5-8,18-23,26H,9-17H2,1-4H3,(H,38,39,40,41)/b6-5+. The van der Waals surface area contributed by atoms with Crippen LogP contribution in [0.15, 0.2) is 59.7 Å². The van der Waals surface area contributed by atoms with Gasteiger partial charge >= 0.3 is 0 Å². The van der Waals surface area contributed by atoms with E-state index < -0.39 is 0 Å². The van der Waals surface area contributed by atoms with Gasteiger partial charge in [-0.05, 0) is 69.5 Å². The van der Waals surface area contributed by atoms with Crippen LogP contribution < -0.4 is 20.3 Å². The number of carbonyl (C=O) groups excluding carboxylic acids is 1. The second-order valence-corrected chi connectivity index (χ2v) is 13.0. The number of nitrogens with zero attached hydrogens (tertiary/aromatic N) is 6. The van der Waals surface area contributed by atoms with E-state index >= 15 is 0 Å². The fourth-order valence-electron chi connectivity index (χ4n) is 6.43. The molecule has 0 aliphatic carbocycles. The highest BCUT2D eigenvalue weighted by Crippen LogP contribution is 2.39. The van der Waals surface area contributed by atoms with Gasteiger partial charge in [-0.3, -0.25) is 14.2 Å². The number of halogens is 1. The predicted molar refractivity (Wildman–Crippen MR) is 190 cm³/mol. The summed E-state index contributed by atoms with van der Waals surface area (Å²) in [6.45, 7) is 3.21. The Morgan fingerprint density at radius 2 is 1.82 bits per heavy atom. The Kier molecular flexibility index (Phi) is 10.8. The van der Waals surface area contributed by atoms with E-state index in [2.05, 4.69) is 21.4 Å². The van der Waals surface area contributed by atoms with E-state index in [0.717, 1.165) is 26.1 Å². The fourth-order valence-corrected chi connectivity index (χ4v) is 6.72. The summed E-state index contributed by atoms with van der Waals surface area (Å²) in [5, 5.41) is 4.17. The van der Waals surface area contributed by atoms with Crippen LogP contribution >= 0.6 is 11.6 Å². The van der Waals surface area contributed by atoms with Crippen molar-refractivity contribution in [1.29, 1.82) is 0 Å². The first-order valence-electron chi connectivity index (χ1n) is 16.5. The van der Waals surface area contributed by atoms with Gasteiger partial charge in [0.05, 0.1) is 19.2 Å². The summed E-state index contributed by atoms with van der Waals surface area (Å²) in [5.74, 6) is 2.21. The average molecular weight is 688 g/mol. The number of methoxy groups -OCH3 is 2. The molecule has 2 aliphatic rings. The van der Waals surface area contributed by atoms with Crippen LogP contribution in [0, 0.1) is 0 Å². The highest BCUT2D eigenvalue weighted by Gasteiger charge is 2.28. The zero-order valence-corrected chi connectivity index (χ0v) is 29.1. The van der Waals surface area contributed by atoms with Crippen molar-refractivity contribution in [2.45, 2.75) is 37.6 Å². The van der Waals surface area contributed by atoms with Gasteiger partial charge in [0.25, 0.3) is 5.56 Å². The van der Waals surface area contributed by atoms with Crippen molar-refractivity contribution in [3.63, 3.8) is 0 Å². The lowest BCUT2D eigenvalue weighted by Gasteiger charge is -2.33. The van der Waals surface area contributed by atoms with Gasteiger partial charge in [-0.1, -0.05) is 23.7 Å². The van der Waals surface area contributed by atoms with E-state index in [4.69, 9.17) is 30.8 Å². The first-order valence-corrected chi connectivity index (χ1v) is 16.9. The SMILES string of the molecule is COc1cc(OC)c(Cl)c(-c2cc3cnc(Nc4ccc(C5CCOCC5)cn4)nc3n(C3CCN(C(=O)/C=C/CN(C)C)CC3)c2=O)c1. The van der Waals surface area contributed by atoms with E-state index in [1.807, 2.05) is 42.2 Å². The van der Waals surface area contributed by atoms with E-state index in [9.17, 15) is 9.59 Å². The second-order valence-electron chi connectivity index (χ2n) is 12.6. The molecule has 6 rings (SSSR count). The van der Waals surface area contributed by atoms with Gasteiger partial charge in [0.15, 0.2) is 0 Å². The number of hydrogen-bond donors (Lipinski definition) is 1. The minimum absolute atomic E-state index is 0.0364. The van der Waals surface area contributed by atoms with E-state index in [-0.39, 0.29) is 17.5 Å². The highest BCUT2D eigenvalue weighted by molar-refractivity contribution is 6.35. The summed E-state index contributed by atoms with van der Waals surface area (Å²) in [7, 11) is 6.97. The molecular formula is C36H42ClN7O5. The molecule has 0 atom stereocenters. The molecule has 49 heavy (non-hydrogen) atoms. The number of nitrogens with one attached hydrogen (secondary N) is 1. The van der Waals surface area contributed by atoms with Crippen LogP contribution in [-0.2, 0) is 9.53 Å². The van der Waals surface area contributed by atoms with Crippen LogP contribution in [0.1, 0.15) is 43.2 Å². The third kappa shape index (κ3) is 7.71. The number of carbonyl (C=O) groups is 1. The number of aromatic nitrogens is 4. The number of piperidine rings is 1. The molecule has 13 heteroatoms. The maximum atomic E-state index is 14.5. The molecule has 5 heterocycles. The van der Waals surface area contributed by atoms with Gasteiger partial charge < -0.3 is 29.3 Å². The number of rotatable bonds is 10. The van der Waals surface area contributed by atoms with Crippen LogP contribution in [0.4, 0.5) is 11.8 Å². The molecule has 1 aromatic carbocycles. The van der Waals surface area contributed by atoms with Crippen molar-refractivity contribution in [3.8, 4) is 22.6 Å².